The number of fused-ring (bicyclic) bond motifs is 1. The van der Waals surface area contributed by atoms with E-state index in [1.165, 1.54) is 6.20 Å². The second-order valence-electron chi connectivity index (χ2n) is 4.30. The number of hydrogen-bond donors (Lipinski definition) is 3. The van der Waals surface area contributed by atoms with Crippen molar-refractivity contribution in [3.05, 3.63) is 36.0 Å². The van der Waals surface area contributed by atoms with Crippen molar-refractivity contribution in [2.45, 2.75) is 0 Å². The second kappa shape index (κ2) is 3.88. The Hall–Kier alpha value is -2.76. The molecule has 0 amide bonds. The number of carbonyl (C=O) groups is 1. The number of aryl methyl sites for hydroxylation is 1. The monoisotopic (exact) mass is 257 g/mol. The molecule has 0 unspecified atom stereocenters. The first-order valence-electron chi connectivity index (χ1n) is 5.63. The Morgan fingerprint density at radius 1 is 1.37 bits per heavy atom. The zero-order valence-electron chi connectivity index (χ0n) is 10.1. The summed E-state index contributed by atoms with van der Waals surface area (Å²) in [6.07, 6.45) is 1.28. The van der Waals surface area contributed by atoms with E-state index in [1.54, 1.807) is 18.2 Å². The van der Waals surface area contributed by atoms with Gasteiger partial charge in [0.15, 0.2) is 0 Å². The predicted molar refractivity (Wildman–Crippen MR) is 69.1 cm³/mol. The van der Waals surface area contributed by atoms with Gasteiger partial charge in [0.25, 0.3) is 0 Å². The molecule has 2 aromatic heterocycles. The number of phenols is 1. The maximum atomic E-state index is 11.1. The molecule has 6 heteroatoms. The molecule has 6 nitrogen and oxygen atoms in total. The number of nitrogens with zero attached hydrogens (tertiary/aromatic N) is 2. The molecule has 0 aliphatic rings. The largest absolute Gasteiger partial charge is 0.508 e. The van der Waals surface area contributed by atoms with Crippen LogP contribution in [0.25, 0.3) is 22.3 Å². The van der Waals surface area contributed by atoms with Crippen molar-refractivity contribution in [3.63, 3.8) is 0 Å². The van der Waals surface area contributed by atoms with Gasteiger partial charge in [-0.05, 0) is 24.3 Å². The minimum Gasteiger partial charge on any atom is -0.508 e. The Labute approximate surface area is 107 Å². The summed E-state index contributed by atoms with van der Waals surface area (Å²) in [4.78, 5) is 11.1. The molecule has 0 saturated heterocycles. The van der Waals surface area contributed by atoms with E-state index in [2.05, 4.69) is 10.2 Å². The molecular formula is C13H11N3O3. The van der Waals surface area contributed by atoms with Crippen LogP contribution >= 0.6 is 0 Å². The van der Waals surface area contributed by atoms with E-state index in [-0.39, 0.29) is 11.3 Å². The van der Waals surface area contributed by atoms with Crippen LogP contribution in [0.15, 0.2) is 30.5 Å². The molecule has 3 aromatic rings. The molecule has 0 saturated carbocycles. The van der Waals surface area contributed by atoms with Crippen LogP contribution in [0.1, 0.15) is 10.4 Å². The Bertz CT molecular complexity index is 786. The van der Waals surface area contributed by atoms with E-state index in [0.29, 0.717) is 11.4 Å². The number of hydrogen-bond acceptors (Lipinski definition) is 3. The zero-order chi connectivity index (χ0) is 13.6. The molecule has 0 radical (unpaired) electrons. The van der Waals surface area contributed by atoms with E-state index in [1.807, 2.05) is 17.7 Å². The summed E-state index contributed by atoms with van der Waals surface area (Å²) >= 11 is 0. The van der Waals surface area contributed by atoms with E-state index < -0.39 is 5.97 Å². The number of aromatic carboxylic acids is 1. The molecule has 0 fully saturated rings. The third kappa shape index (κ3) is 1.65. The molecule has 0 atom stereocenters. The predicted octanol–water partition coefficient (Wildman–Crippen LogP) is 1.97. The SMILES string of the molecule is Cn1c(-c2[nH]ncc2C(=O)O)cc2cc(O)ccc21. The van der Waals surface area contributed by atoms with E-state index >= 15 is 0 Å². The second-order valence-corrected chi connectivity index (χ2v) is 4.30. The van der Waals surface area contributed by atoms with Crippen LogP contribution in [-0.2, 0) is 7.05 Å². The van der Waals surface area contributed by atoms with Crippen LogP contribution in [0.2, 0.25) is 0 Å². The lowest BCUT2D eigenvalue weighted by atomic mass is 10.2. The van der Waals surface area contributed by atoms with Gasteiger partial charge in [-0.3, -0.25) is 5.10 Å². The van der Waals surface area contributed by atoms with Gasteiger partial charge in [0.1, 0.15) is 11.3 Å². The average molecular weight is 257 g/mol. The topological polar surface area (TPSA) is 91.1 Å². The Morgan fingerprint density at radius 2 is 2.16 bits per heavy atom. The third-order valence-corrected chi connectivity index (χ3v) is 3.15. The van der Waals surface area contributed by atoms with Crippen molar-refractivity contribution < 1.29 is 15.0 Å². The first kappa shape index (κ1) is 11.3. The molecule has 3 rings (SSSR count). The Kier molecular flexibility index (Phi) is 2.31. The van der Waals surface area contributed by atoms with E-state index in [9.17, 15) is 9.90 Å². The highest BCUT2D eigenvalue weighted by Crippen LogP contribution is 2.29. The van der Waals surface area contributed by atoms with Gasteiger partial charge in [0, 0.05) is 18.0 Å². The smallest absolute Gasteiger partial charge is 0.339 e. The van der Waals surface area contributed by atoms with E-state index in [0.717, 1.165) is 10.9 Å². The van der Waals surface area contributed by atoms with Crippen LogP contribution in [0.3, 0.4) is 0 Å². The molecule has 0 spiro atoms. The summed E-state index contributed by atoms with van der Waals surface area (Å²) in [5.74, 6) is -0.857. The summed E-state index contributed by atoms with van der Waals surface area (Å²) in [5, 5.41) is 25.9. The lowest BCUT2D eigenvalue weighted by Crippen LogP contribution is -1.99. The summed E-state index contributed by atoms with van der Waals surface area (Å²) in [5.41, 5.74) is 2.18. The summed E-state index contributed by atoms with van der Waals surface area (Å²) < 4.78 is 1.86. The molecule has 3 N–H and O–H groups in total. The quantitative estimate of drug-likeness (QED) is 0.654. The van der Waals surface area contributed by atoms with Crippen molar-refractivity contribution in [1.29, 1.82) is 0 Å². The van der Waals surface area contributed by atoms with Crippen LogP contribution in [0.4, 0.5) is 0 Å². The van der Waals surface area contributed by atoms with E-state index in [4.69, 9.17) is 5.11 Å². The number of aromatic hydroxyl groups is 1. The van der Waals surface area contributed by atoms with Crippen LogP contribution in [0.5, 0.6) is 5.75 Å². The van der Waals surface area contributed by atoms with Crippen LogP contribution in [-0.4, -0.2) is 30.9 Å². The molecule has 0 bridgehead atoms. The van der Waals surface area contributed by atoms with Gasteiger partial charge in [-0.15, -0.1) is 0 Å². The van der Waals surface area contributed by atoms with Gasteiger partial charge in [-0.25, -0.2) is 4.79 Å². The van der Waals surface area contributed by atoms with Crippen molar-refractivity contribution in [2.75, 3.05) is 0 Å². The van der Waals surface area contributed by atoms with Crippen LogP contribution < -0.4 is 0 Å². The summed E-state index contributed by atoms with van der Waals surface area (Å²) in [6.45, 7) is 0. The average Bonchev–Trinajstić information content (AvgIpc) is 2.94. The molecular weight excluding hydrogens is 246 g/mol. The number of carboxylic acids is 1. The fraction of sp³-hybridized carbons (Fsp3) is 0.0769. The van der Waals surface area contributed by atoms with Crippen LogP contribution in [0, 0.1) is 0 Å². The maximum Gasteiger partial charge on any atom is 0.339 e. The first-order chi connectivity index (χ1) is 9.08. The van der Waals surface area contributed by atoms with Gasteiger partial charge in [-0.1, -0.05) is 0 Å². The first-order valence-corrected chi connectivity index (χ1v) is 5.63. The van der Waals surface area contributed by atoms with Gasteiger partial charge in [-0.2, -0.15) is 5.10 Å². The minimum absolute atomic E-state index is 0.120. The fourth-order valence-corrected chi connectivity index (χ4v) is 2.22. The normalized spacial score (nSPS) is 11.0. The minimum atomic E-state index is -1.03. The molecule has 1 aromatic carbocycles. The number of rotatable bonds is 2. The molecule has 19 heavy (non-hydrogen) atoms. The van der Waals surface area contributed by atoms with Crippen molar-refractivity contribution in [3.8, 4) is 17.1 Å². The standard InChI is InChI=1S/C13H11N3O3/c1-16-10-3-2-8(17)4-7(10)5-11(16)12-9(13(18)19)6-14-15-12/h2-6,17H,1H3,(H,14,15)(H,18,19). The lowest BCUT2D eigenvalue weighted by Gasteiger charge is -2.03. The van der Waals surface area contributed by atoms with Gasteiger partial charge in [0.2, 0.25) is 0 Å². The Morgan fingerprint density at radius 3 is 2.89 bits per heavy atom. The number of carboxylic acid groups (broad SMARTS) is 1. The highest BCUT2D eigenvalue weighted by Gasteiger charge is 2.17. The van der Waals surface area contributed by atoms with Gasteiger partial charge >= 0.3 is 5.97 Å². The third-order valence-electron chi connectivity index (χ3n) is 3.15. The maximum absolute atomic E-state index is 11.1. The molecule has 0 aliphatic carbocycles. The number of nitrogens with one attached hydrogen (secondary N) is 1. The summed E-state index contributed by atoms with van der Waals surface area (Å²) in [6, 6.07) is 6.83. The van der Waals surface area contributed by atoms with Gasteiger partial charge < -0.3 is 14.8 Å². The number of H-pyrrole nitrogens is 1. The highest BCUT2D eigenvalue weighted by molar-refractivity contribution is 5.96. The lowest BCUT2D eigenvalue weighted by molar-refractivity contribution is 0.0698. The summed E-state index contributed by atoms with van der Waals surface area (Å²) in [7, 11) is 1.83. The van der Waals surface area contributed by atoms with Crippen molar-refractivity contribution in [2.24, 2.45) is 7.05 Å². The molecule has 2 heterocycles. The number of phenolic OH excluding ortho intramolecular Hbond substituents is 1. The molecule has 0 aliphatic heterocycles. The van der Waals surface area contributed by atoms with Crippen molar-refractivity contribution in [1.82, 2.24) is 14.8 Å². The zero-order valence-corrected chi connectivity index (χ0v) is 10.1. The fourth-order valence-electron chi connectivity index (χ4n) is 2.22. The van der Waals surface area contributed by atoms with Crippen molar-refractivity contribution >= 4 is 16.9 Å². The highest BCUT2D eigenvalue weighted by atomic mass is 16.4. The number of benzene rings is 1. The molecule has 96 valence electrons. The Balaban J connectivity index is 2.28. The number of aromatic amines is 1. The number of aromatic nitrogens is 3. The van der Waals surface area contributed by atoms with Gasteiger partial charge in [0.05, 0.1) is 17.6 Å².